The minimum atomic E-state index is -1.03. The van der Waals surface area contributed by atoms with Crippen LogP contribution in [0.3, 0.4) is 0 Å². The summed E-state index contributed by atoms with van der Waals surface area (Å²) in [4.78, 5) is 34.5. The van der Waals surface area contributed by atoms with Crippen LogP contribution in [-0.4, -0.2) is 57.0 Å². The third-order valence-corrected chi connectivity index (χ3v) is 10.9. The summed E-state index contributed by atoms with van der Waals surface area (Å²) >= 11 is 0. The van der Waals surface area contributed by atoms with Crippen molar-refractivity contribution in [2.24, 2.45) is 5.41 Å². The molecule has 0 spiro atoms. The van der Waals surface area contributed by atoms with Crippen LogP contribution in [0.1, 0.15) is 149 Å². The zero-order valence-corrected chi connectivity index (χ0v) is 56.4. The molecule has 14 nitrogen and oxygen atoms in total. The number of anilines is 2. The first-order chi connectivity index (χ1) is 37.7. The van der Waals surface area contributed by atoms with Gasteiger partial charge in [-0.05, 0) is 127 Å². The number of pyridine rings is 2. The van der Waals surface area contributed by atoms with Gasteiger partial charge in [0.15, 0.2) is 5.65 Å². The van der Waals surface area contributed by atoms with Gasteiger partial charge in [0.2, 0.25) is 11.8 Å². The summed E-state index contributed by atoms with van der Waals surface area (Å²) in [7, 11) is 0. The Morgan fingerprint density at radius 3 is 1.80 bits per heavy atom. The van der Waals surface area contributed by atoms with Crippen LogP contribution < -0.4 is 20.1 Å². The SMILES string of the molecule is CC.CC.CC.CC.CC.CC.CC(C)(C)Oc1ccc2c(Oc3ccc(NC(=O)C4(C(=O)Nc5ccccc5)CC4)cc3)ccnc2c1.CC(C)(C)n1cc(-c2ccc3nnc([CH-]c4ccc5ncccc5c4)n3n2)cn1.[Y].[Y]. The Kier molecular flexibility index (Phi) is 32.2. The van der Waals surface area contributed by atoms with Gasteiger partial charge in [0.05, 0.1) is 22.9 Å². The van der Waals surface area contributed by atoms with Gasteiger partial charge < -0.3 is 20.1 Å². The van der Waals surface area contributed by atoms with E-state index < -0.39 is 5.41 Å². The molecule has 1 saturated carbocycles. The maximum absolute atomic E-state index is 12.9. The molecule has 80 heavy (non-hydrogen) atoms. The van der Waals surface area contributed by atoms with Crippen molar-refractivity contribution >= 4 is 50.6 Å². The van der Waals surface area contributed by atoms with Crippen LogP contribution in [0.15, 0.2) is 146 Å². The van der Waals surface area contributed by atoms with Crippen molar-refractivity contribution in [3.8, 4) is 28.5 Å². The summed E-state index contributed by atoms with van der Waals surface area (Å²) in [5, 5.41) is 25.4. The fourth-order valence-corrected chi connectivity index (χ4v) is 7.25. The van der Waals surface area contributed by atoms with E-state index in [1.54, 1.807) is 53.3 Å². The standard InChI is InChI=1S/C30H29N3O4.C22H20N7.6C2H6.2Y/c1-29(2,3)37-23-13-14-24-25(19-23)31-18-15-26(24)36-22-11-9-21(10-12-22)33-28(35)30(16-17-30)27(34)32-20-7-5-4-6-8-20;1-22(2,3)28-14-17(13-24-28)19-8-9-20-25-26-21(29(20)27-19)12-15-6-7-18-16(11-15)5-4-10-23-18;6*1-2;;/h4-15,18-19H,16-17H2,1-3H3,(H,32,34)(H,33,35);4-14H,1-3H3;6*1-2H3;;/q;-1;;;;;;;;. The van der Waals surface area contributed by atoms with Crippen molar-refractivity contribution in [3.05, 3.63) is 164 Å². The molecule has 0 saturated heterocycles. The number of amides is 2. The maximum Gasteiger partial charge on any atom is 0.240 e. The Morgan fingerprint density at radius 2 is 1.21 bits per heavy atom. The third kappa shape index (κ3) is 20.3. The van der Waals surface area contributed by atoms with Crippen molar-refractivity contribution in [3.63, 3.8) is 0 Å². The fraction of sp³-hybridized carbons (Fsp3) is 0.359. The molecule has 2 N–H and O–H groups in total. The number of nitrogens with zero attached hydrogens (tertiary/aromatic N) is 8. The average Bonchev–Trinajstić information content (AvgIpc) is 3.96. The van der Waals surface area contributed by atoms with Crippen molar-refractivity contribution in [1.29, 1.82) is 0 Å². The smallest absolute Gasteiger partial charge is 0.240 e. The molecule has 0 unspecified atom stereocenters. The molecule has 9 aromatic rings. The van der Waals surface area contributed by atoms with Crippen LogP contribution in [0, 0.1) is 11.8 Å². The number of nitrogens with one attached hydrogen (secondary N) is 2. The molecule has 5 aromatic heterocycles. The largest absolute Gasteiger partial charge is 0.488 e. The number of ether oxygens (including phenoxy) is 2. The Hall–Kier alpha value is -5.92. The Morgan fingerprint density at radius 1 is 0.613 bits per heavy atom. The van der Waals surface area contributed by atoms with Gasteiger partial charge in [-0.1, -0.05) is 119 Å². The first kappa shape index (κ1) is 72.1. The minimum absolute atomic E-state index is 0. The Labute approximate surface area is 527 Å². The summed E-state index contributed by atoms with van der Waals surface area (Å²) in [5.41, 5.74) is 5.10. The zero-order valence-electron chi connectivity index (χ0n) is 50.7. The quantitative estimate of drug-likeness (QED) is 0.0995. The monoisotopic (exact) mass is 1240 g/mol. The maximum atomic E-state index is 12.9. The number of hydrogen-bond donors (Lipinski definition) is 2. The molecular weight excluding hydrogens is 1150 g/mol. The van der Waals surface area contributed by atoms with Crippen molar-refractivity contribution in [2.45, 2.75) is 149 Å². The van der Waals surface area contributed by atoms with E-state index in [1.807, 2.05) is 206 Å². The van der Waals surface area contributed by atoms with Gasteiger partial charge in [0, 0.05) is 118 Å². The molecule has 422 valence electrons. The van der Waals surface area contributed by atoms with Gasteiger partial charge in [0.25, 0.3) is 0 Å². The number of aromatic nitrogens is 8. The summed E-state index contributed by atoms with van der Waals surface area (Å²) in [5.74, 6) is 2.12. The van der Waals surface area contributed by atoms with Crippen LogP contribution in [-0.2, 0) is 80.5 Å². The second-order valence-electron chi connectivity index (χ2n) is 18.2. The number of carbonyl (C=O) groups is 2. The first-order valence-electron chi connectivity index (χ1n) is 27.7. The van der Waals surface area contributed by atoms with Crippen LogP contribution in [0.2, 0.25) is 0 Å². The van der Waals surface area contributed by atoms with E-state index >= 15 is 0 Å². The van der Waals surface area contributed by atoms with E-state index in [4.69, 9.17) is 14.6 Å². The van der Waals surface area contributed by atoms with Crippen molar-refractivity contribution < 1.29 is 84.5 Å². The van der Waals surface area contributed by atoms with Gasteiger partial charge in [-0.15, -0.1) is 16.6 Å². The van der Waals surface area contributed by atoms with Gasteiger partial charge in [-0.3, -0.25) is 24.2 Å². The molecule has 0 aliphatic heterocycles. The number of benzene rings is 4. The normalized spacial score (nSPS) is 11.3. The number of rotatable bonds is 10. The molecular formula is C64H85N10O4Y2-. The molecule has 2 radical (unpaired) electrons. The zero-order chi connectivity index (χ0) is 58.1. The van der Waals surface area contributed by atoms with E-state index in [1.165, 1.54) is 0 Å². The Bertz CT molecular complexity index is 3220. The summed E-state index contributed by atoms with van der Waals surface area (Å²) in [6.45, 7) is 36.4. The van der Waals surface area contributed by atoms with Gasteiger partial charge in [0.1, 0.15) is 34.1 Å². The molecule has 1 fully saturated rings. The summed E-state index contributed by atoms with van der Waals surface area (Å²) in [6, 6.07) is 37.7. The number of hydrogen-bond acceptors (Lipinski definition) is 10. The van der Waals surface area contributed by atoms with E-state index in [9.17, 15) is 9.59 Å². The van der Waals surface area contributed by atoms with E-state index in [0.717, 1.165) is 44.4 Å². The second-order valence-corrected chi connectivity index (χ2v) is 18.2. The first-order valence-corrected chi connectivity index (χ1v) is 27.7. The Balaban J connectivity index is 0.000000671. The number of fused-ring (bicyclic) bond motifs is 3. The van der Waals surface area contributed by atoms with Gasteiger partial charge in [-0.25, -0.2) is 4.52 Å². The molecule has 16 heteroatoms. The molecule has 1 aliphatic rings. The summed E-state index contributed by atoms with van der Waals surface area (Å²) in [6.07, 6.45) is 10.4. The molecule has 0 atom stereocenters. The van der Waals surface area contributed by atoms with E-state index in [2.05, 4.69) is 62.7 Å². The molecule has 1 aliphatic carbocycles. The van der Waals surface area contributed by atoms with Crippen LogP contribution in [0.4, 0.5) is 11.4 Å². The summed E-state index contributed by atoms with van der Waals surface area (Å²) < 4.78 is 15.8. The fourth-order valence-electron chi connectivity index (χ4n) is 7.25. The number of para-hydroxylation sites is 1. The molecule has 5 heterocycles. The van der Waals surface area contributed by atoms with E-state index in [-0.39, 0.29) is 88.4 Å². The second kappa shape index (κ2) is 35.7. The van der Waals surface area contributed by atoms with Gasteiger partial charge in [-0.2, -0.15) is 27.9 Å². The van der Waals surface area contributed by atoms with Crippen LogP contribution in [0.25, 0.3) is 38.7 Å². The van der Waals surface area contributed by atoms with Crippen molar-refractivity contribution in [1.82, 2.24) is 39.6 Å². The topological polar surface area (TPSA) is 163 Å². The van der Waals surface area contributed by atoms with Gasteiger partial charge >= 0.3 is 0 Å². The predicted molar refractivity (Wildman–Crippen MR) is 323 cm³/mol. The molecule has 10 rings (SSSR count). The minimum Gasteiger partial charge on any atom is -0.488 e. The van der Waals surface area contributed by atoms with Crippen LogP contribution >= 0.6 is 0 Å². The van der Waals surface area contributed by atoms with Crippen LogP contribution in [0.5, 0.6) is 17.2 Å². The third-order valence-electron chi connectivity index (χ3n) is 10.9. The van der Waals surface area contributed by atoms with Crippen molar-refractivity contribution in [2.75, 3.05) is 10.6 Å². The number of carbonyl (C=O) groups excluding carboxylic acids is 2. The molecule has 0 bridgehead atoms. The predicted octanol–water partition coefficient (Wildman–Crippen LogP) is 16.6. The average molecular weight is 1240 g/mol. The molecule has 2 amide bonds. The molecule has 4 aromatic carbocycles. The van der Waals surface area contributed by atoms with E-state index in [0.29, 0.717) is 47.2 Å².